The molecule has 2 aliphatic rings. The lowest BCUT2D eigenvalue weighted by Gasteiger charge is -2.52. The molecule has 3 rings (SSSR count). The van der Waals surface area contributed by atoms with Gasteiger partial charge in [0.25, 0.3) is 0 Å². The number of hydrogen-bond donors (Lipinski definition) is 1. The third-order valence-electron chi connectivity index (χ3n) is 4.98. The zero-order chi connectivity index (χ0) is 13.5. The van der Waals surface area contributed by atoms with Gasteiger partial charge in [0.15, 0.2) is 0 Å². The third-order valence-corrected chi connectivity index (χ3v) is 4.98. The Hall–Kier alpha value is -0.860. The molecule has 4 atom stereocenters. The summed E-state index contributed by atoms with van der Waals surface area (Å²) in [6, 6.07) is 12.2. The van der Waals surface area contributed by atoms with E-state index in [9.17, 15) is 0 Å². The number of hydrogen-bond acceptors (Lipinski definition) is 2. The molecule has 0 saturated heterocycles. The Bertz CT molecular complexity index is 428. The lowest BCUT2D eigenvalue weighted by molar-refractivity contribution is -0.114. The maximum Gasteiger partial charge on any atom is 0.0655 e. The predicted molar refractivity (Wildman–Crippen MR) is 78.3 cm³/mol. The van der Waals surface area contributed by atoms with Crippen molar-refractivity contribution in [3.8, 4) is 0 Å². The van der Waals surface area contributed by atoms with Gasteiger partial charge in [-0.1, -0.05) is 44.2 Å². The van der Waals surface area contributed by atoms with E-state index in [1.165, 1.54) is 18.4 Å². The van der Waals surface area contributed by atoms with Crippen LogP contribution in [0.4, 0.5) is 0 Å². The van der Waals surface area contributed by atoms with Crippen molar-refractivity contribution in [2.45, 2.75) is 57.7 Å². The molecule has 0 heterocycles. The standard InChI is InChI=1S/C17H25NO/c1-4-19-16-11-15(17(16,2)3)18-14-10-13(14)12-8-6-5-7-9-12/h5-9,13-16,18H,4,10-11H2,1-3H3. The second-order valence-electron chi connectivity index (χ2n) is 6.58. The van der Waals surface area contributed by atoms with Gasteiger partial charge >= 0.3 is 0 Å². The van der Waals surface area contributed by atoms with E-state index in [0.717, 1.165) is 12.5 Å². The van der Waals surface area contributed by atoms with Gasteiger partial charge in [0.05, 0.1) is 6.10 Å². The Morgan fingerprint density at radius 1 is 1.21 bits per heavy atom. The van der Waals surface area contributed by atoms with Crippen molar-refractivity contribution >= 4 is 0 Å². The molecule has 2 nitrogen and oxygen atoms in total. The average Bonchev–Trinajstić information content (AvgIpc) is 3.18. The van der Waals surface area contributed by atoms with Crippen LogP contribution >= 0.6 is 0 Å². The monoisotopic (exact) mass is 259 g/mol. The average molecular weight is 259 g/mol. The highest BCUT2D eigenvalue weighted by molar-refractivity contribution is 5.28. The highest BCUT2D eigenvalue weighted by Gasteiger charge is 2.52. The molecule has 1 aromatic rings. The summed E-state index contributed by atoms with van der Waals surface area (Å²) < 4.78 is 5.80. The largest absolute Gasteiger partial charge is 0.378 e. The summed E-state index contributed by atoms with van der Waals surface area (Å²) in [6.45, 7) is 7.57. The fraction of sp³-hybridized carbons (Fsp3) is 0.647. The Morgan fingerprint density at radius 2 is 1.95 bits per heavy atom. The van der Waals surface area contributed by atoms with Crippen LogP contribution in [0.1, 0.15) is 45.1 Å². The van der Waals surface area contributed by atoms with E-state index in [2.05, 4.69) is 56.4 Å². The van der Waals surface area contributed by atoms with E-state index in [-0.39, 0.29) is 5.41 Å². The molecule has 0 spiro atoms. The fourth-order valence-corrected chi connectivity index (χ4v) is 3.36. The second-order valence-corrected chi connectivity index (χ2v) is 6.58. The molecule has 2 aliphatic carbocycles. The highest BCUT2D eigenvalue weighted by Crippen LogP contribution is 2.47. The maximum absolute atomic E-state index is 5.80. The Balaban J connectivity index is 1.53. The van der Waals surface area contributed by atoms with Gasteiger partial charge in [0, 0.05) is 30.0 Å². The van der Waals surface area contributed by atoms with Crippen molar-refractivity contribution in [1.29, 1.82) is 0 Å². The minimum atomic E-state index is 0.278. The van der Waals surface area contributed by atoms with Crippen molar-refractivity contribution < 1.29 is 4.74 Å². The fourth-order valence-electron chi connectivity index (χ4n) is 3.36. The topological polar surface area (TPSA) is 21.3 Å². The summed E-state index contributed by atoms with van der Waals surface area (Å²) in [7, 11) is 0. The first-order chi connectivity index (χ1) is 9.13. The first-order valence-electron chi connectivity index (χ1n) is 7.55. The molecular formula is C17H25NO. The van der Waals surface area contributed by atoms with Gasteiger partial charge < -0.3 is 10.1 Å². The summed E-state index contributed by atoms with van der Waals surface area (Å²) in [6.07, 6.45) is 2.89. The molecule has 0 aliphatic heterocycles. The summed E-state index contributed by atoms with van der Waals surface area (Å²) in [4.78, 5) is 0. The van der Waals surface area contributed by atoms with Crippen LogP contribution in [-0.4, -0.2) is 24.8 Å². The molecule has 2 saturated carbocycles. The Labute approximate surface area is 116 Å². The Morgan fingerprint density at radius 3 is 2.58 bits per heavy atom. The van der Waals surface area contributed by atoms with Gasteiger partial charge in [-0.05, 0) is 25.3 Å². The molecule has 2 heteroatoms. The lowest BCUT2D eigenvalue weighted by atomic mass is 9.64. The first kappa shape index (κ1) is 13.1. The number of ether oxygens (including phenoxy) is 1. The molecule has 4 unspecified atom stereocenters. The molecule has 104 valence electrons. The van der Waals surface area contributed by atoms with Crippen LogP contribution in [0.5, 0.6) is 0 Å². The molecule has 19 heavy (non-hydrogen) atoms. The van der Waals surface area contributed by atoms with Crippen LogP contribution in [0.2, 0.25) is 0 Å². The maximum atomic E-state index is 5.80. The van der Waals surface area contributed by atoms with E-state index in [0.29, 0.717) is 18.2 Å². The molecule has 2 fully saturated rings. The normalized spacial score (nSPS) is 35.7. The van der Waals surface area contributed by atoms with Crippen LogP contribution in [0.3, 0.4) is 0 Å². The van der Waals surface area contributed by atoms with E-state index in [1.807, 2.05) is 0 Å². The first-order valence-corrected chi connectivity index (χ1v) is 7.55. The zero-order valence-corrected chi connectivity index (χ0v) is 12.2. The summed E-state index contributed by atoms with van der Waals surface area (Å²) in [5.74, 6) is 0.725. The molecule has 0 amide bonds. The smallest absolute Gasteiger partial charge is 0.0655 e. The van der Waals surface area contributed by atoms with Crippen molar-refractivity contribution in [2.75, 3.05) is 6.61 Å². The van der Waals surface area contributed by atoms with Gasteiger partial charge in [-0.2, -0.15) is 0 Å². The summed E-state index contributed by atoms with van der Waals surface area (Å²) >= 11 is 0. The second kappa shape index (κ2) is 4.92. The third kappa shape index (κ3) is 2.44. The van der Waals surface area contributed by atoms with Crippen LogP contribution in [0.25, 0.3) is 0 Å². The van der Waals surface area contributed by atoms with E-state index < -0.39 is 0 Å². The molecule has 0 bridgehead atoms. The quantitative estimate of drug-likeness (QED) is 0.875. The number of nitrogens with one attached hydrogen (secondary N) is 1. The SMILES string of the molecule is CCOC1CC(NC2CC2c2ccccc2)C1(C)C. The van der Waals surface area contributed by atoms with Gasteiger partial charge in [-0.3, -0.25) is 0 Å². The van der Waals surface area contributed by atoms with Gasteiger partial charge in [0.2, 0.25) is 0 Å². The molecule has 0 radical (unpaired) electrons. The predicted octanol–water partition coefficient (Wildman–Crippen LogP) is 3.34. The van der Waals surface area contributed by atoms with Gasteiger partial charge in [0.1, 0.15) is 0 Å². The van der Waals surface area contributed by atoms with Crippen molar-refractivity contribution in [2.24, 2.45) is 5.41 Å². The van der Waals surface area contributed by atoms with Crippen LogP contribution in [-0.2, 0) is 4.74 Å². The van der Waals surface area contributed by atoms with Crippen molar-refractivity contribution in [3.05, 3.63) is 35.9 Å². The van der Waals surface area contributed by atoms with Crippen LogP contribution < -0.4 is 5.32 Å². The molecule has 0 aromatic heterocycles. The highest BCUT2D eigenvalue weighted by atomic mass is 16.5. The van der Waals surface area contributed by atoms with Crippen LogP contribution in [0.15, 0.2) is 30.3 Å². The zero-order valence-electron chi connectivity index (χ0n) is 12.2. The Kier molecular flexibility index (Phi) is 3.40. The van der Waals surface area contributed by atoms with E-state index >= 15 is 0 Å². The van der Waals surface area contributed by atoms with E-state index in [1.54, 1.807) is 0 Å². The van der Waals surface area contributed by atoms with Crippen molar-refractivity contribution in [3.63, 3.8) is 0 Å². The molecule has 1 N–H and O–H groups in total. The number of rotatable bonds is 5. The minimum Gasteiger partial charge on any atom is -0.378 e. The van der Waals surface area contributed by atoms with Crippen LogP contribution in [0, 0.1) is 5.41 Å². The summed E-state index contributed by atoms with van der Waals surface area (Å²) in [5, 5.41) is 3.84. The summed E-state index contributed by atoms with van der Waals surface area (Å²) in [5.41, 5.74) is 1.76. The lowest BCUT2D eigenvalue weighted by Crippen LogP contribution is -2.61. The molecular weight excluding hydrogens is 234 g/mol. The van der Waals surface area contributed by atoms with Gasteiger partial charge in [-0.25, -0.2) is 0 Å². The van der Waals surface area contributed by atoms with E-state index in [4.69, 9.17) is 4.74 Å². The molecule has 1 aromatic carbocycles. The number of benzene rings is 1. The minimum absolute atomic E-state index is 0.278. The van der Waals surface area contributed by atoms with Gasteiger partial charge in [-0.15, -0.1) is 0 Å². The van der Waals surface area contributed by atoms with Crippen molar-refractivity contribution in [1.82, 2.24) is 5.32 Å².